The Morgan fingerprint density at radius 2 is 2.06 bits per heavy atom. The van der Waals surface area contributed by atoms with Gasteiger partial charge in [-0.15, -0.1) is 0 Å². The molecular formula is C12H6BrClO4. The van der Waals surface area contributed by atoms with E-state index >= 15 is 0 Å². The van der Waals surface area contributed by atoms with Gasteiger partial charge in [-0.2, -0.15) is 0 Å². The van der Waals surface area contributed by atoms with Crippen LogP contribution in [-0.4, -0.2) is 17.4 Å². The smallest absolute Gasteiger partial charge is 0.338 e. The topological polar surface area (TPSA) is 67.5 Å². The molecule has 92 valence electrons. The van der Waals surface area contributed by atoms with E-state index in [0.717, 1.165) is 0 Å². The minimum Gasteiger partial charge on any atom is -0.478 e. The zero-order chi connectivity index (χ0) is 13.3. The Balaban J connectivity index is 2.67. The molecule has 2 rings (SSSR count). The van der Waals surface area contributed by atoms with Gasteiger partial charge in [-0.3, -0.25) is 4.79 Å². The maximum Gasteiger partial charge on any atom is 0.338 e. The Labute approximate surface area is 115 Å². The second-order valence-corrected chi connectivity index (χ2v) is 4.64. The highest BCUT2D eigenvalue weighted by atomic mass is 79.9. The van der Waals surface area contributed by atoms with Crippen molar-refractivity contribution in [3.05, 3.63) is 45.1 Å². The molecule has 1 aromatic heterocycles. The molecule has 0 amide bonds. The SMILES string of the molecule is O=Cc1ccc(-c2ccc(Br)c(Cl)c2C(=O)O)o1. The third-order valence-electron chi connectivity index (χ3n) is 2.32. The van der Waals surface area contributed by atoms with Crippen molar-refractivity contribution in [2.45, 2.75) is 0 Å². The van der Waals surface area contributed by atoms with Crippen LogP contribution in [0.25, 0.3) is 11.3 Å². The lowest BCUT2D eigenvalue weighted by Crippen LogP contribution is -2.01. The minimum atomic E-state index is -1.17. The molecule has 2 aromatic rings. The third-order valence-corrected chi connectivity index (χ3v) is 3.60. The largest absolute Gasteiger partial charge is 0.478 e. The van der Waals surface area contributed by atoms with Gasteiger partial charge in [-0.1, -0.05) is 11.6 Å². The van der Waals surface area contributed by atoms with Gasteiger partial charge in [0.15, 0.2) is 12.0 Å². The predicted octanol–water partition coefficient (Wildman–Crippen LogP) is 3.87. The molecule has 0 unspecified atom stereocenters. The van der Waals surface area contributed by atoms with Crippen LogP contribution in [-0.2, 0) is 0 Å². The summed E-state index contributed by atoms with van der Waals surface area (Å²) in [5.74, 6) is -0.760. The number of carboxylic acid groups (broad SMARTS) is 1. The molecule has 6 heteroatoms. The monoisotopic (exact) mass is 328 g/mol. The number of carboxylic acids is 1. The van der Waals surface area contributed by atoms with Crippen LogP contribution in [0.5, 0.6) is 0 Å². The van der Waals surface area contributed by atoms with Crippen LogP contribution < -0.4 is 0 Å². The number of aromatic carboxylic acids is 1. The molecule has 1 heterocycles. The van der Waals surface area contributed by atoms with E-state index in [2.05, 4.69) is 15.9 Å². The molecule has 1 N–H and O–H groups in total. The van der Waals surface area contributed by atoms with Gasteiger partial charge in [0.1, 0.15) is 5.76 Å². The molecular weight excluding hydrogens is 323 g/mol. The molecule has 0 aliphatic rings. The van der Waals surface area contributed by atoms with Gasteiger partial charge in [-0.05, 0) is 40.2 Å². The van der Waals surface area contributed by atoms with E-state index in [1.165, 1.54) is 12.1 Å². The van der Waals surface area contributed by atoms with Crippen molar-refractivity contribution < 1.29 is 19.1 Å². The van der Waals surface area contributed by atoms with Crippen LogP contribution in [0, 0.1) is 0 Å². The standard InChI is InChI=1S/C12H6BrClO4/c13-8-3-2-7(10(11(8)14)12(16)17)9-4-1-6(5-15)18-9/h1-5H,(H,16,17). The summed E-state index contributed by atoms with van der Waals surface area (Å²) in [6.07, 6.45) is 0.546. The van der Waals surface area contributed by atoms with Gasteiger partial charge in [0.05, 0.1) is 10.6 Å². The summed E-state index contributed by atoms with van der Waals surface area (Å²) in [4.78, 5) is 21.8. The molecule has 0 aliphatic carbocycles. The average Bonchev–Trinajstić information content (AvgIpc) is 2.80. The Morgan fingerprint density at radius 3 is 2.61 bits per heavy atom. The highest BCUT2D eigenvalue weighted by Gasteiger charge is 2.20. The van der Waals surface area contributed by atoms with Crippen LogP contribution in [0.4, 0.5) is 0 Å². The fourth-order valence-electron chi connectivity index (χ4n) is 1.53. The molecule has 0 saturated heterocycles. The Hall–Kier alpha value is -1.59. The van der Waals surface area contributed by atoms with Crippen LogP contribution in [0.3, 0.4) is 0 Å². The lowest BCUT2D eigenvalue weighted by atomic mass is 10.1. The second kappa shape index (κ2) is 4.96. The first-order chi connectivity index (χ1) is 8.54. The van der Waals surface area contributed by atoms with Crippen LogP contribution >= 0.6 is 27.5 Å². The molecule has 0 radical (unpaired) electrons. The number of benzene rings is 1. The lowest BCUT2D eigenvalue weighted by Gasteiger charge is -2.07. The summed E-state index contributed by atoms with van der Waals surface area (Å²) in [7, 11) is 0. The van der Waals surface area contributed by atoms with E-state index in [0.29, 0.717) is 16.3 Å². The van der Waals surface area contributed by atoms with E-state index in [4.69, 9.17) is 16.0 Å². The van der Waals surface area contributed by atoms with Gasteiger partial charge in [-0.25, -0.2) is 4.79 Å². The number of carbonyl (C=O) groups excluding carboxylic acids is 1. The average molecular weight is 330 g/mol. The van der Waals surface area contributed by atoms with E-state index in [1.54, 1.807) is 12.1 Å². The summed E-state index contributed by atoms with van der Waals surface area (Å²) in [6, 6.07) is 6.17. The molecule has 0 atom stereocenters. The van der Waals surface area contributed by atoms with Crippen molar-refractivity contribution in [2.24, 2.45) is 0 Å². The van der Waals surface area contributed by atoms with Crippen molar-refractivity contribution in [3.8, 4) is 11.3 Å². The number of rotatable bonds is 3. The summed E-state index contributed by atoms with van der Waals surface area (Å²) in [5.41, 5.74) is 0.252. The molecule has 1 aromatic carbocycles. The first kappa shape index (κ1) is 12.9. The molecule has 0 bridgehead atoms. The zero-order valence-corrected chi connectivity index (χ0v) is 11.2. The third kappa shape index (κ3) is 2.19. The van der Waals surface area contributed by atoms with Gasteiger partial charge in [0.25, 0.3) is 0 Å². The normalized spacial score (nSPS) is 10.3. The van der Waals surface area contributed by atoms with Gasteiger partial charge in [0.2, 0.25) is 0 Å². The van der Waals surface area contributed by atoms with Crippen LogP contribution in [0.15, 0.2) is 33.2 Å². The number of furan rings is 1. The highest BCUT2D eigenvalue weighted by molar-refractivity contribution is 9.10. The van der Waals surface area contributed by atoms with Crippen LogP contribution in [0.1, 0.15) is 20.9 Å². The summed E-state index contributed by atoms with van der Waals surface area (Å²) in [6.45, 7) is 0. The first-order valence-electron chi connectivity index (χ1n) is 4.81. The molecule has 0 fully saturated rings. The van der Waals surface area contributed by atoms with Crippen molar-refractivity contribution in [1.29, 1.82) is 0 Å². The fourth-order valence-corrected chi connectivity index (χ4v) is 2.10. The Bertz CT molecular complexity index is 633. The van der Waals surface area contributed by atoms with Crippen LogP contribution in [0.2, 0.25) is 5.02 Å². The number of carbonyl (C=O) groups is 2. The fraction of sp³-hybridized carbons (Fsp3) is 0. The van der Waals surface area contributed by atoms with E-state index < -0.39 is 5.97 Å². The van der Waals surface area contributed by atoms with Crippen molar-refractivity contribution in [2.75, 3.05) is 0 Å². The van der Waals surface area contributed by atoms with Crippen molar-refractivity contribution >= 4 is 39.8 Å². The molecule has 0 aliphatic heterocycles. The van der Waals surface area contributed by atoms with E-state index in [1.807, 2.05) is 0 Å². The van der Waals surface area contributed by atoms with Crippen molar-refractivity contribution in [3.63, 3.8) is 0 Å². The highest BCUT2D eigenvalue weighted by Crippen LogP contribution is 2.35. The Kier molecular flexibility index (Phi) is 3.54. The number of halogens is 2. The van der Waals surface area contributed by atoms with E-state index in [-0.39, 0.29) is 22.1 Å². The predicted molar refractivity (Wildman–Crippen MR) is 69.2 cm³/mol. The number of hydrogen-bond donors (Lipinski definition) is 1. The number of hydrogen-bond acceptors (Lipinski definition) is 3. The minimum absolute atomic E-state index is 0.0714. The van der Waals surface area contributed by atoms with Crippen molar-refractivity contribution in [1.82, 2.24) is 0 Å². The van der Waals surface area contributed by atoms with Gasteiger partial charge in [0, 0.05) is 10.0 Å². The molecule has 18 heavy (non-hydrogen) atoms. The molecule has 4 nitrogen and oxygen atoms in total. The maximum atomic E-state index is 11.2. The summed E-state index contributed by atoms with van der Waals surface area (Å²) < 4.78 is 5.68. The zero-order valence-electron chi connectivity index (χ0n) is 8.81. The quantitative estimate of drug-likeness (QED) is 0.868. The Morgan fingerprint density at radius 1 is 1.33 bits per heavy atom. The van der Waals surface area contributed by atoms with E-state index in [9.17, 15) is 14.7 Å². The summed E-state index contributed by atoms with van der Waals surface area (Å²) in [5, 5.41) is 9.27. The lowest BCUT2D eigenvalue weighted by molar-refractivity contribution is 0.0697. The van der Waals surface area contributed by atoms with Gasteiger partial charge >= 0.3 is 5.97 Å². The number of aldehydes is 1. The molecule has 0 saturated carbocycles. The molecule has 0 spiro atoms. The second-order valence-electron chi connectivity index (χ2n) is 3.41. The van der Waals surface area contributed by atoms with Gasteiger partial charge < -0.3 is 9.52 Å². The summed E-state index contributed by atoms with van der Waals surface area (Å²) >= 11 is 9.10. The first-order valence-corrected chi connectivity index (χ1v) is 5.98. The maximum absolute atomic E-state index is 11.2.